The van der Waals surface area contributed by atoms with Crippen LogP contribution in [0.4, 0.5) is 0 Å². The predicted molar refractivity (Wildman–Crippen MR) is 238 cm³/mol. The maximum Gasteiger partial charge on any atom is 0.472 e. The van der Waals surface area contributed by atoms with Crippen LogP contribution in [0.2, 0.25) is 0 Å². The number of phosphoric ester groups is 1. The van der Waals surface area contributed by atoms with Gasteiger partial charge in [0, 0.05) is 0 Å². The molecule has 0 aromatic heterocycles. The van der Waals surface area contributed by atoms with Gasteiger partial charge in [0.1, 0.15) is 36.6 Å². The van der Waals surface area contributed by atoms with E-state index in [0.29, 0.717) is 12.8 Å². The maximum atomic E-state index is 13.0. The van der Waals surface area contributed by atoms with Crippen molar-refractivity contribution in [2.75, 3.05) is 6.61 Å². The lowest BCUT2D eigenvalue weighted by atomic mass is 9.85. The molecular weight excluding hydrogens is 789 g/mol. The number of rotatable bonds is 41. The monoisotopic (exact) mass is 882 g/mol. The average molecular weight is 882 g/mol. The third-order valence-electron chi connectivity index (χ3n) is 12.2. The Morgan fingerprint density at radius 2 is 0.833 bits per heavy atom. The molecule has 0 aliphatic heterocycles. The second-order valence-electron chi connectivity index (χ2n) is 17.9. The number of hydrogen-bond donors (Lipinski definition) is 9. The molecular formula is C46H92NO12P. The van der Waals surface area contributed by atoms with Crippen molar-refractivity contribution in [3.8, 4) is 0 Å². The van der Waals surface area contributed by atoms with Crippen molar-refractivity contribution in [3.63, 3.8) is 0 Å². The second kappa shape index (κ2) is 36.6. The van der Waals surface area contributed by atoms with Gasteiger partial charge in [-0.25, -0.2) is 4.57 Å². The Morgan fingerprint density at radius 1 is 0.517 bits per heavy atom. The summed E-state index contributed by atoms with van der Waals surface area (Å²) in [5.41, 5.74) is 0. The summed E-state index contributed by atoms with van der Waals surface area (Å²) in [5.74, 6) is -0.556. The lowest BCUT2D eigenvalue weighted by Gasteiger charge is -2.41. The molecule has 8 unspecified atom stereocenters. The van der Waals surface area contributed by atoms with Gasteiger partial charge in [0.2, 0.25) is 5.91 Å². The van der Waals surface area contributed by atoms with E-state index < -0.39 is 75.2 Å². The normalized spacial score (nSPS) is 23.3. The Kier molecular flexibility index (Phi) is 35.0. The lowest BCUT2D eigenvalue weighted by molar-refractivity contribution is -0.220. The van der Waals surface area contributed by atoms with Crippen molar-refractivity contribution in [2.24, 2.45) is 0 Å². The Hall–Kier alpha value is -0.700. The van der Waals surface area contributed by atoms with Crippen LogP contribution >= 0.6 is 7.82 Å². The molecule has 60 heavy (non-hydrogen) atoms. The number of carbonyl (C=O) groups excluding carboxylic acids is 1. The third-order valence-corrected chi connectivity index (χ3v) is 13.2. The van der Waals surface area contributed by atoms with E-state index in [1.54, 1.807) is 0 Å². The molecule has 0 aromatic carbocycles. The zero-order chi connectivity index (χ0) is 44.4. The fourth-order valence-corrected chi connectivity index (χ4v) is 9.16. The first-order valence-electron chi connectivity index (χ1n) is 24.6. The van der Waals surface area contributed by atoms with Crippen molar-refractivity contribution >= 4 is 13.7 Å². The molecule has 13 nitrogen and oxygen atoms in total. The van der Waals surface area contributed by atoms with Crippen LogP contribution in [0.3, 0.4) is 0 Å². The molecule has 1 amide bonds. The van der Waals surface area contributed by atoms with Gasteiger partial charge in [0.25, 0.3) is 0 Å². The van der Waals surface area contributed by atoms with E-state index in [4.69, 9.17) is 9.05 Å². The van der Waals surface area contributed by atoms with Gasteiger partial charge in [0.05, 0.1) is 31.3 Å². The van der Waals surface area contributed by atoms with E-state index in [1.807, 2.05) is 0 Å². The number of amides is 1. The summed E-state index contributed by atoms with van der Waals surface area (Å²) >= 11 is 0. The minimum Gasteiger partial charge on any atom is -0.393 e. The fourth-order valence-electron chi connectivity index (χ4n) is 8.19. The molecule has 0 heterocycles. The van der Waals surface area contributed by atoms with E-state index >= 15 is 0 Å². The first kappa shape index (κ1) is 57.3. The molecule has 1 fully saturated rings. The number of hydrogen-bond acceptors (Lipinski definition) is 11. The number of nitrogens with one attached hydrogen (secondary N) is 1. The molecule has 358 valence electrons. The number of aliphatic hydroxyl groups is 7. The van der Waals surface area contributed by atoms with Crippen LogP contribution in [0.25, 0.3) is 0 Å². The van der Waals surface area contributed by atoms with Gasteiger partial charge >= 0.3 is 7.82 Å². The highest BCUT2D eigenvalue weighted by Gasteiger charge is 2.51. The molecule has 0 radical (unpaired) electrons. The molecule has 1 aliphatic carbocycles. The average Bonchev–Trinajstić information content (AvgIpc) is 3.22. The molecule has 1 aliphatic rings. The minimum absolute atomic E-state index is 0.216. The van der Waals surface area contributed by atoms with Crippen molar-refractivity contribution in [1.82, 2.24) is 5.32 Å². The minimum atomic E-state index is -5.11. The van der Waals surface area contributed by atoms with E-state index in [0.717, 1.165) is 51.4 Å². The molecule has 8 atom stereocenters. The van der Waals surface area contributed by atoms with Gasteiger partial charge in [-0.15, -0.1) is 0 Å². The Labute approximate surface area is 364 Å². The predicted octanol–water partition coefficient (Wildman–Crippen LogP) is 8.43. The first-order chi connectivity index (χ1) is 28.8. The standard InChI is InChI=1S/C46H92NO12P/c1-3-5-7-9-11-13-15-17-19-20-21-23-25-27-29-31-33-37(48)35-40(50)47-38(36-58-60(56,57)59-46-44(54)42(52)41(51)43(53)45(46)55)39(49)34-32-30-28-26-24-22-18-16-14-12-10-8-6-4-2/h37-39,41-46,48-49,51-55H,3-36H2,1-2H3,(H,47,50)(H,56,57). The van der Waals surface area contributed by atoms with Crippen LogP contribution in [-0.2, 0) is 18.4 Å². The van der Waals surface area contributed by atoms with Crippen molar-refractivity contribution in [2.45, 2.75) is 281 Å². The van der Waals surface area contributed by atoms with Crippen molar-refractivity contribution < 1.29 is 59.0 Å². The SMILES string of the molecule is CCCCCCCCCCCCCCCCCCC(O)CC(=O)NC(COP(=O)(O)OC1C(O)C(O)C(O)C(O)C1O)C(O)CCCCCCCCCCCCCCCC. The molecule has 1 saturated carbocycles. The van der Waals surface area contributed by atoms with E-state index in [1.165, 1.54) is 135 Å². The molecule has 14 heteroatoms. The molecule has 9 N–H and O–H groups in total. The summed E-state index contributed by atoms with van der Waals surface area (Å²) < 4.78 is 22.9. The molecule has 1 rings (SSSR count). The lowest BCUT2D eigenvalue weighted by Crippen LogP contribution is -2.64. The zero-order valence-corrected chi connectivity index (χ0v) is 38.8. The number of aliphatic hydroxyl groups excluding tert-OH is 7. The Bertz CT molecular complexity index is 1040. The Balaban J connectivity index is 2.48. The summed E-state index contributed by atoms with van der Waals surface area (Å²) in [6.45, 7) is 3.80. The largest absolute Gasteiger partial charge is 0.472 e. The smallest absolute Gasteiger partial charge is 0.393 e. The Morgan fingerprint density at radius 3 is 1.20 bits per heavy atom. The van der Waals surface area contributed by atoms with Gasteiger partial charge in [-0.3, -0.25) is 13.8 Å². The topological polar surface area (TPSA) is 226 Å². The number of carbonyl (C=O) groups is 1. The summed E-state index contributed by atoms with van der Waals surface area (Å²) in [6.07, 6.45) is 22.9. The molecule has 0 spiro atoms. The second-order valence-corrected chi connectivity index (χ2v) is 19.3. The van der Waals surface area contributed by atoms with Crippen LogP contribution in [-0.4, -0.2) is 108 Å². The highest BCUT2D eigenvalue weighted by molar-refractivity contribution is 7.47. The van der Waals surface area contributed by atoms with Gasteiger partial charge in [-0.2, -0.15) is 0 Å². The van der Waals surface area contributed by atoms with E-state index in [9.17, 15) is 50.0 Å². The fraction of sp³-hybridized carbons (Fsp3) is 0.978. The quantitative estimate of drug-likeness (QED) is 0.0208. The van der Waals surface area contributed by atoms with Crippen molar-refractivity contribution in [3.05, 3.63) is 0 Å². The van der Waals surface area contributed by atoms with Crippen LogP contribution < -0.4 is 5.32 Å². The highest BCUT2D eigenvalue weighted by Crippen LogP contribution is 2.47. The van der Waals surface area contributed by atoms with Crippen LogP contribution in [0.5, 0.6) is 0 Å². The van der Waals surface area contributed by atoms with Crippen LogP contribution in [0.15, 0.2) is 0 Å². The molecule has 0 bridgehead atoms. The number of unbranched alkanes of at least 4 members (excludes halogenated alkanes) is 28. The van der Waals surface area contributed by atoms with Crippen LogP contribution in [0, 0.1) is 0 Å². The summed E-state index contributed by atoms with van der Waals surface area (Å²) in [4.78, 5) is 23.5. The first-order valence-corrected chi connectivity index (χ1v) is 26.1. The van der Waals surface area contributed by atoms with E-state index in [-0.39, 0.29) is 12.8 Å². The van der Waals surface area contributed by atoms with Crippen LogP contribution in [0.1, 0.15) is 226 Å². The molecule has 0 aromatic rings. The summed E-state index contributed by atoms with van der Waals surface area (Å²) in [6, 6.07) is -1.15. The van der Waals surface area contributed by atoms with Crippen molar-refractivity contribution in [1.29, 1.82) is 0 Å². The summed E-state index contributed by atoms with van der Waals surface area (Å²) in [7, 11) is -5.11. The zero-order valence-electron chi connectivity index (χ0n) is 37.9. The highest BCUT2D eigenvalue weighted by atomic mass is 31.2. The maximum absolute atomic E-state index is 13.0. The summed E-state index contributed by atoms with van der Waals surface area (Å²) in [5, 5.41) is 74.7. The number of phosphoric acid groups is 1. The van der Waals surface area contributed by atoms with Gasteiger partial charge in [-0.05, 0) is 12.8 Å². The third kappa shape index (κ3) is 28.2. The van der Waals surface area contributed by atoms with Gasteiger partial charge in [-0.1, -0.05) is 206 Å². The molecule has 0 saturated heterocycles. The van der Waals surface area contributed by atoms with Gasteiger partial charge < -0.3 is 46.0 Å². The van der Waals surface area contributed by atoms with E-state index in [2.05, 4.69) is 19.2 Å². The van der Waals surface area contributed by atoms with Gasteiger partial charge in [0.15, 0.2) is 0 Å².